The molecule has 2 aromatic rings. The van der Waals surface area contributed by atoms with E-state index in [1.165, 1.54) is 0 Å². The van der Waals surface area contributed by atoms with Crippen molar-refractivity contribution in [2.45, 2.75) is 6.92 Å². The minimum atomic E-state index is 0.322. The molecule has 0 bridgehead atoms. The second kappa shape index (κ2) is 6.46. The number of nitrogens with zero attached hydrogens (tertiary/aromatic N) is 1. The van der Waals surface area contributed by atoms with Gasteiger partial charge >= 0.3 is 0 Å². The van der Waals surface area contributed by atoms with Crippen molar-refractivity contribution in [1.29, 1.82) is 0 Å². The van der Waals surface area contributed by atoms with E-state index in [-0.39, 0.29) is 0 Å². The van der Waals surface area contributed by atoms with Crippen molar-refractivity contribution in [2.75, 3.05) is 13.7 Å². The summed E-state index contributed by atoms with van der Waals surface area (Å²) in [5.74, 6) is 7.40. The number of ether oxygens (including phenoxy) is 2. The minimum Gasteiger partial charge on any atom is -0.497 e. The van der Waals surface area contributed by atoms with Crippen LogP contribution in [0.3, 0.4) is 0 Å². The van der Waals surface area contributed by atoms with E-state index >= 15 is 0 Å². The third-order valence-electron chi connectivity index (χ3n) is 2.48. The molecule has 2 rings (SSSR count). The molecular formula is C16H15NO2. The van der Waals surface area contributed by atoms with Gasteiger partial charge in [0, 0.05) is 12.3 Å². The Labute approximate surface area is 113 Å². The summed E-state index contributed by atoms with van der Waals surface area (Å²) in [6.45, 7) is 2.32. The van der Waals surface area contributed by atoms with Crippen molar-refractivity contribution in [1.82, 2.24) is 4.98 Å². The van der Waals surface area contributed by atoms with Gasteiger partial charge < -0.3 is 9.47 Å². The summed E-state index contributed by atoms with van der Waals surface area (Å²) in [4.78, 5) is 4.20. The van der Waals surface area contributed by atoms with Crippen molar-refractivity contribution in [3.05, 3.63) is 53.9 Å². The Balaban J connectivity index is 1.91. The molecule has 1 aromatic heterocycles. The van der Waals surface area contributed by atoms with E-state index in [0.717, 1.165) is 22.8 Å². The molecular weight excluding hydrogens is 238 g/mol. The lowest BCUT2D eigenvalue weighted by Crippen LogP contribution is -1.94. The number of methoxy groups -OCH3 is 1. The topological polar surface area (TPSA) is 31.4 Å². The Morgan fingerprint density at radius 1 is 1.16 bits per heavy atom. The minimum absolute atomic E-state index is 0.322. The van der Waals surface area contributed by atoms with Crippen molar-refractivity contribution in [3.8, 4) is 23.3 Å². The highest BCUT2D eigenvalue weighted by Gasteiger charge is 1.94. The predicted molar refractivity (Wildman–Crippen MR) is 74.3 cm³/mol. The Bertz CT molecular complexity index is 594. The number of benzene rings is 1. The number of hydrogen-bond donors (Lipinski definition) is 0. The normalized spacial score (nSPS) is 9.37. The lowest BCUT2D eigenvalue weighted by Gasteiger charge is -2.03. The number of pyridine rings is 1. The fourth-order valence-corrected chi connectivity index (χ4v) is 1.48. The maximum atomic E-state index is 5.51. The molecule has 0 saturated heterocycles. The summed E-state index contributed by atoms with van der Waals surface area (Å²) >= 11 is 0. The van der Waals surface area contributed by atoms with Gasteiger partial charge in [-0.15, -0.1) is 0 Å². The molecule has 0 aliphatic carbocycles. The zero-order valence-electron chi connectivity index (χ0n) is 11.0. The molecule has 0 radical (unpaired) electrons. The van der Waals surface area contributed by atoms with Crippen LogP contribution in [0, 0.1) is 18.8 Å². The Morgan fingerprint density at radius 3 is 2.74 bits per heavy atom. The van der Waals surface area contributed by atoms with Crippen LogP contribution >= 0.6 is 0 Å². The van der Waals surface area contributed by atoms with Gasteiger partial charge in [-0.3, -0.25) is 0 Å². The fraction of sp³-hybridized carbons (Fsp3) is 0.188. The van der Waals surface area contributed by atoms with Gasteiger partial charge in [-0.1, -0.05) is 18.1 Å². The van der Waals surface area contributed by atoms with E-state index in [4.69, 9.17) is 9.47 Å². The zero-order chi connectivity index (χ0) is 13.5. The lowest BCUT2D eigenvalue weighted by molar-refractivity contribution is 0.363. The first-order valence-electron chi connectivity index (χ1n) is 5.96. The lowest BCUT2D eigenvalue weighted by atomic mass is 10.3. The molecule has 1 heterocycles. The number of aromatic nitrogens is 1. The van der Waals surface area contributed by atoms with E-state index in [1.807, 2.05) is 43.3 Å². The first-order valence-corrected chi connectivity index (χ1v) is 5.96. The molecule has 19 heavy (non-hydrogen) atoms. The molecule has 0 amide bonds. The van der Waals surface area contributed by atoms with Crippen LogP contribution in [0.1, 0.15) is 11.3 Å². The van der Waals surface area contributed by atoms with E-state index in [1.54, 1.807) is 13.3 Å². The van der Waals surface area contributed by atoms with Gasteiger partial charge in [0.05, 0.1) is 7.11 Å². The largest absolute Gasteiger partial charge is 0.497 e. The molecule has 0 spiro atoms. The maximum absolute atomic E-state index is 5.51. The van der Waals surface area contributed by atoms with E-state index in [0.29, 0.717) is 6.61 Å². The summed E-state index contributed by atoms with van der Waals surface area (Å²) < 4.78 is 10.6. The Kier molecular flexibility index (Phi) is 4.41. The van der Waals surface area contributed by atoms with Gasteiger partial charge in [0.15, 0.2) is 0 Å². The van der Waals surface area contributed by atoms with Crippen molar-refractivity contribution in [2.24, 2.45) is 0 Å². The maximum Gasteiger partial charge on any atom is 0.149 e. The van der Waals surface area contributed by atoms with Gasteiger partial charge in [0.1, 0.15) is 23.8 Å². The number of hydrogen-bond acceptors (Lipinski definition) is 3. The highest BCUT2D eigenvalue weighted by Crippen LogP contribution is 2.18. The molecule has 0 atom stereocenters. The van der Waals surface area contributed by atoms with Gasteiger partial charge in [-0.05, 0) is 36.6 Å². The summed E-state index contributed by atoms with van der Waals surface area (Å²) in [5.41, 5.74) is 1.87. The number of rotatable bonds is 3. The Morgan fingerprint density at radius 2 is 2.00 bits per heavy atom. The summed E-state index contributed by atoms with van der Waals surface area (Å²) in [7, 11) is 1.63. The van der Waals surface area contributed by atoms with Crippen LogP contribution in [0.2, 0.25) is 0 Å². The zero-order valence-corrected chi connectivity index (χ0v) is 11.0. The van der Waals surface area contributed by atoms with Crippen LogP contribution in [0.5, 0.6) is 11.5 Å². The van der Waals surface area contributed by atoms with Crippen molar-refractivity contribution >= 4 is 0 Å². The molecule has 0 unspecified atom stereocenters. The first-order chi connectivity index (χ1) is 9.28. The SMILES string of the molecule is COc1cccc(OCC#Cc2ccc(C)cn2)c1. The molecule has 0 aliphatic rings. The van der Waals surface area contributed by atoms with Crippen molar-refractivity contribution < 1.29 is 9.47 Å². The molecule has 0 aliphatic heterocycles. The summed E-state index contributed by atoms with van der Waals surface area (Å²) in [5, 5.41) is 0. The third-order valence-corrected chi connectivity index (χ3v) is 2.48. The highest BCUT2D eigenvalue weighted by molar-refractivity contribution is 5.33. The predicted octanol–water partition coefficient (Wildman–Crippen LogP) is 2.83. The van der Waals surface area contributed by atoms with Crippen LogP contribution in [-0.4, -0.2) is 18.7 Å². The second-order valence-electron chi connectivity index (χ2n) is 3.99. The summed E-state index contributed by atoms with van der Waals surface area (Å²) in [6, 6.07) is 11.3. The van der Waals surface area contributed by atoms with Crippen LogP contribution < -0.4 is 9.47 Å². The first kappa shape index (κ1) is 13.0. The molecule has 0 saturated carbocycles. The van der Waals surface area contributed by atoms with Crippen molar-refractivity contribution in [3.63, 3.8) is 0 Å². The smallest absolute Gasteiger partial charge is 0.149 e. The quantitative estimate of drug-likeness (QED) is 0.788. The molecule has 1 aromatic carbocycles. The fourth-order valence-electron chi connectivity index (χ4n) is 1.48. The highest BCUT2D eigenvalue weighted by atomic mass is 16.5. The van der Waals surface area contributed by atoms with E-state index in [2.05, 4.69) is 16.8 Å². The monoisotopic (exact) mass is 253 g/mol. The number of aryl methyl sites for hydroxylation is 1. The van der Waals surface area contributed by atoms with Crippen LogP contribution in [-0.2, 0) is 0 Å². The molecule has 0 fully saturated rings. The van der Waals surface area contributed by atoms with E-state index < -0.39 is 0 Å². The summed E-state index contributed by atoms with van der Waals surface area (Å²) in [6.07, 6.45) is 1.80. The van der Waals surface area contributed by atoms with Crippen LogP contribution in [0.4, 0.5) is 0 Å². The average molecular weight is 253 g/mol. The molecule has 3 nitrogen and oxygen atoms in total. The van der Waals surface area contributed by atoms with Gasteiger partial charge in [0.25, 0.3) is 0 Å². The van der Waals surface area contributed by atoms with Crippen LogP contribution in [0.25, 0.3) is 0 Å². The molecule has 96 valence electrons. The van der Waals surface area contributed by atoms with Gasteiger partial charge in [-0.25, -0.2) is 4.98 Å². The second-order valence-corrected chi connectivity index (χ2v) is 3.99. The van der Waals surface area contributed by atoms with E-state index in [9.17, 15) is 0 Å². The van der Waals surface area contributed by atoms with Gasteiger partial charge in [0.2, 0.25) is 0 Å². The van der Waals surface area contributed by atoms with Gasteiger partial charge in [-0.2, -0.15) is 0 Å². The standard InChI is InChI=1S/C16H15NO2/c1-13-8-9-14(17-12-13)5-4-10-19-16-7-3-6-15(11-16)18-2/h3,6-9,11-12H,10H2,1-2H3. The average Bonchev–Trinajstić information content (AvgIpc) is 2.46. The Hall–Kier alpha value is -2.47. The molecule has 0 N–H and O–H groups in total. The third kappa shape index (κ3) is 4.04. The molecule has 3 heteroatoms. The van der Waals surface area contributed by atoms with Crippen LogP contribution in [0.15, 0.2) is 42.6 Å².